The van der Waals surface area contributed by atoms with Gasteiger partial charge in [0, 0.05) is 29.7 Å². The zero-order valence-electron chi connectivity index (χ0n) is 21.6. The summed E-state index contributed by atoms with van der Waals surface area (Å²) in [5, 5.41) is 12.2. The number of esters is 1. The Morgan fingerprint density at radius 1 is 0.906 bits per heavy atom. The fraction of sp³-hybridized carbons (Fsp3) is 0.435. The van der Waals surface area contributed by atoms with Crippen molar-refractivity contribution in [2.45, 2.75) is 65.4 Å². The van der Waals surface area contributed by atoms with E-state index in [4.69, 9.17) is 22.8 Å². The van der Waals surface area contributed by atoms with E-state index in [9.17, 15) is 4.79 Å². The molecule has 0 aliphatic carbocycles. The average molecular weight is 436 g/mol. The Morgan fingerprint density at radius 2 is 1.31 bits per heavy atom. The molecule has 2 aromatic rings. The molecule has 4 atom stereocenters. The number of carbonyl (C=O) groups excluding carboxylic acids is 1. The van der Waals surface area contributed by atoms with Crippen LogP contribution in [0.25, 0.3) is 5.76 Å². The molecule has 0 saturated carbocycles. The van der Waals surface area contributed by atoms with Gasteiger partial charge in [-0.05, 0) is 38.1 Å². The van der Waals surface area contributed by atoms with Crippen molar-refractivity contribution in [3.63, 3.8) is 0 Å². The first kappa shape index (κ1) is 23.7. The van der Waals surface area contributed by atoms with Crippen molar-refractivity contribution in [2.24, 2.45) is 0 Å². The van der Waals surface area contributed by atoms with E-state index in [2.05, 4.69) is 23.5 Å². The number of aromatic nitrogens is 2. The van der Waals surface area contributed by atoms with Crippen LogP contribution < -0.4 is 0 Å². The topological polar surface area (TPSA) is 109 Å². The van der Waals surface area contributed by atoms with Gasteiger partial charge in [-0.15, -0.1) is 0 Å². The summed E-state index contributed by atoms with van der Waals surface area (Å²) in [4.78, 5) is 19.7. The summed E-state index contributed by atoms with van der Waals surface area (Å²) in [6, 6.07) is 6.63. The maximum Gasteiger partial charge on any atom is 0.340 e. The number of hydrogen-bond acceptors (Lipinski definition) is 7. The fourth-order valence-electron chi connectivity index (χ4n) is 3.02. The Bertz CT molecular complexity index is 958. The van der Waals surface area contributed by atoms with E-state index in [1.807, 2.05) is 26.8 Å². The Kier molecular flexibility index (Phi) is 9.96. The number of cyclic esters (lactones) is 1. The summed E-state index contributed by atoms with van der Waals surface area (Å²) >= 11 is 0. The fourth-order valence-corrected chi connectivity index (χ4v) is 3.02. The minimum absolute atomic E-state index is 0.0630. The maximum absolute atomic E-state index is 11.4. The Hall–Kier alpha value is -2.96. The third-order valence-corrected chi connectivity index (χ3v) is 4.98. The normalized spacial score (nSPS) is 22.9. The quantitative estimate of drug-likeness (QED) is 0.429. The molecule has 0 spiro atoms. The summed E-state index contributed by atoms with van der Waals surface area (Å²) in [7, 11) is 2.50. The second kappa shape index (κ2) is 13.5. The van der Waals surface area contributed by atoms with Gasteiger partial charge in [0.05, 0.1) is 19.7 Å². The maximum atomic E-state index is 11.4. The van der Waals surface area contributed by atoms with E-state index in [0.717, 1.165) is 11.3 Å². The van der Waals surface area contributed by atoms with Crippen LogP contribution in [-0.2, 0) is 9.47 Å². The van der Waals surface area contributed by atoms with Crippen molar-refractivity contribution in [1.29, 1.82) is 10.6 Å². The molecule has 168 valence electrons. The molecule has 0 radical (unpaired) electrons. The van der Waals surface area contributed by atoms with Gasteiger partial charge in [-0.25, -0.2) is 4.79 Å². The van der Waals surface area contributed by atoms with Gasteiger partial charge >= 0.3 is 44.4 Å². The molecule has 0 saturated heterocycles. The van der Waals surface area contributed by atoms with Gasteiger partial charge in [0.1, 0.15) is 18.0 Å². The second-order valence-electron chi connectivity index (χ2n) is 7.26. The first-order valence-electron chi connectivity index (χ1n) is 11.4. The van der Waals surface area contributed by atoms with Crippen molar-refractivity contribution in [3.8, 4) is 0 Å². The first-order chi connectivity index (χ1) is 16.0. The number of nitrogens with zero attached hydrogens (tertiary/aromatic N) is 2. The molecular weight excluding hydrogens is 402 g/mol. The summed E-state index contributed by atoms with van der Waals surface area (Å²) in [6.07, 6.45) is 0.420. The Morgan fingerprint density at radius 3 is 1.81 bits per heavy atom. The van der Waals surface area contributed by atoms with Crippen molar-refractivity contribution >= 4 is 25.9 Å². The van der Waals surface area contributed by atoms with E-state index >= 15 is 0 Å². The molecule has 32 heavy (non-hydrogen) atoms. The van der Waals surface area contributed by atoms with Crippen LogP contribution in [0.5, 0.6) is 0 Å². The minimum atomic E-state index is -0.335. The molecule has 0 aromatic carbocycles. The molecule has 2 aliphatic rings. The molecule has 4 heterocycles. The van der Waals surface area contributed by atoms with Gasteiger partial charge in [-0.3, -0.25) is 9.97 Å². The molecule has 0 unspecified atom stereocenters. The van der Waals surface area contributed by atoms with Crippen LogP contribution >= 0.6 is 0 Å². The molecular formula is C23H32B2N4O3. The Labute approximate surface area is 195 Å². The van der Waals surface area contributed by atoms with Crippen LogP contribution in [0.3, 0.4) is 0 Å². The van der Waals surface area contributed by atoms with Crippen molar-refractivity contribution in [2.75, 3.05) is 0 Å². The molecule has 7 nitrogen and oxygen atoms in total. The van der Waals surface area contributed by atoms with Crippen LogP contribution in [0.2, 0.25) is 13.6 Å². The number of nitrogens with one attached hydrogen (secondary N) is 2. The number of rotatable bonds is 0. The summed E-state index contributed by atoms with van der Waals surface area (Å²) in [6.45, 7) is 15.0. The van der Waals surface area contributed by atoms with Gasteiger partial charge in [0.25, 0.3) is 0 Å². The van der Waals surface area contributed by atoms with Gasteiger partial charge < -0.3 is 9.47 Å². The number of hydrogen-bond donors (Lipinski definition) is 2. The second-order valence-corrected chi connectivity index (χ2v) is 7.26. The standard InChI is InChI=1S/C11H13NO.C10H11NO2.2CH4BN/c1-7-8(2)13-9(3)10-5-4-6-12-11(7)10;1-6-7(2)13-10(12)8-4-3-5-11-9(6)8;2*1-2-3/h4-8H,3H2,1-2H3;3-7H,1-2H3;2*3H,1H3/t7-,8-;6-,7-;;/m10../s1/i6D;5D;;. The zero-order valence-corrected chi connectivity index (χ0v) is 19.6. The molecule has 2 aliphatic heterocycles. The van der Waals surface area contributed by atoms with Gasteiger partial charge in [0.2, 0.25) is 0 Å². The third kappa shape index (κ3) is 7.04. The first-order valence-corrected chi connectivity index (χ1v) is 10.4. The summed E-state index contributed by atoms with van der Waals surface area (Å²) < 4.78 is 25.6. The van der Waals surface area contributed by atoms with Crippen molar-refractivity contribution in [3.05, 3.63) is 65.7 Å². The largest absolute Gasteiger partial charge is 0.490 e. The smallest absolute Gasteiger partial charge is 0.340 e. The van der Waals surface area contributed by atoms with Crippen molar-refractivity contribution < 1.29 is 17.0 Å². The van der Waals surface area contributed by atoms with E-state index < -0.39 is 0 Å². The molecule has 2 N–H and O–H groups in total. The number of pyridine rings is 2. The van der Waals surface area contributed by atoms with E-state index in [1.54, 1.807) is 25.8 Å². The minimum Gasteiger partial charge on any atom is -0.490 e. The molecule has 0 fully saturated rings. The van der Waals surface area contributed by atoms with Crippen LogP contribution in [0.15, 0.2) is 43.2 Å². The molecule has 4 rings (SSSR count). The van der Waals surface area contributed by atoms with Gasteiger partial charge in [-0.1, -0.05) is 20.4 Å². The molecule has 0 amide bonds. The van der Waals surface area contributed by atoms with Gasteiger partial charge in [0.15, 0.2) is 0 Å². The van der Waals surface area contributed by atoms with E-state index in [-0.39, 0.29) is 36.2 Å². The summed E-state index contributed by atoms with van der Waals surface area (Å²) in [5.74, 6) is 0.616. The number of fused-ring (bicyclic) bond motifs is 2. The molecule has 9 heteroatoms. The number of ether oxygens (including phenoxy) is 2. The van der Waals surface area contributed by atoms with E-state index in [0.29, 0.717) is 23.2 Å². The SMILES string of the molecule is CB=N.CB=N.[2H]c1ccc2c(n1)[C@@H](C)[C@H](C)OC2=O.[2H]c1ccc2c(n1)[C@H](C)[C@@H](C)OC2=C. The third-order valence-electron chi connectivity index (χ3n) is 4.98. The van der Waals surface area contributed by atoms with Crippen LogP contribution in [0, 0.1) is 10.6 Å². The van der Waals surface area contributed by atoms with Gasteiger partial charge in [-0.2, -0.15) is 0 Å². The predicted octanol–water partition coefficient (Wildman–Crippen LogP) is 5.32. The van der Waals surface area contributed by atoms with E-state index in [1.165, 1.54) is 20.2 Å². The predicted molar refractivity (Wildman–Crippen MR) is 128 cm³/mol. The molecule has 0 bridgehead atoms. The van der Waals surface area contributed by atoms with Crippen LogP contribution in [0.1, 0.15) is 69.6 Å². The van der Waals surface area contributed by atoms with Crippen LogP contribution in [0.4, 0.5) is 0 Å². The number of carbonyl (C=O) groups is 1. The Balaban J connectivity index is 0.000000277. The monoisotopic (exact) mass is 436 g/mol. The summed E-state index contributed by atoms with van der Waals surface area (Å²) in [5.41, 5.74) is 3.04. The molecule has 2 aromatic heterocycles. The zero-order chi connectivity index (χ0) is 26.0. The average Bonchev–Trinajstić information content (AvgIpc) is 2.77. The van der Waals surface area contributed by atoms with Crippen LogP contribution in [-0.4, -0.2) is 42.3 Å². The van der Waals surface area contributed by atoms with Crippen molar-refractivity contribution in [1.82, 2.24) is 9.97 Å².